The fourth-order valence-corrected chi connectivity index (χ4v) is 4.55. The van der Waals surface area contributed by atoms with Gasteiger partial charge in [0.2, 0.25) is 0 Å². The minimum Gasteiger partial charge on any atom is -0.497 e. The number of para-hydroxylation sites is 1. The van der Waals surface area contributed by atoms with Crippen LogP contribution >= 0.6 is 0 Å². The van der Waals surface area contributed by atoms with Crippen LogP contribution in [-0.2, 0) is 12.6 Å². The fraction of sp³-hybridized carbons (Fsp3) is 0.357. The van der Waals surface area contributed by atoms with Gasteiger partial charge in [0.1, 0.15) is 5.75 Å². The van der Waals surface area contributed by atoms with Crippen LogP contribution in [0.5, 0.6) is 5.75 Å². The topological polar surface area (TPSA) is 27.7 Å². The summed E-state index contributed by atoms with van der Waals surface area (Å²) >= 11 is 0. The summed E-state index contributed by atoms with van der Waals surface area (Å²) < 4.78 is 44.5. The molecule has 1 atom stereocenters. The van der Waals surface area contributed by atoms with E-state index in [9.17, 15) is 13.2 Å². The molecule has 0 aromatic heterocycles. The van der Waals surface area contributed by atoms with Crippen molar-refractivity contribution in [1.82, 2.24) is 10.2 Å². The molecule has 3 aromatic rings. The van der Waals surface area contributed by atoms with E-state index < -0.39 is 11.7 Å². The zero-order valence-electron chi connectivity index (χ0n) is 20.0. The highest BCUT2D eigenvalue weighted by atomic mass is 19.4. The molecule has 0 spiro atoms. The molecule has 3 aromatic carbocycles. The molecule has 7 heteroatoms. The van der Waals surface area contributed by atoms with Crippen molar-refractivity contribution < 1.29 is 17.9 Å². The van der Waals surface area contributed by atoms with Crippen LogP contribution < -0.4 is 15.0 Å². The van der Waals surface area contributed by atoms with Gasteiger partial charge in [0.15, 0.2) is 0 Å². The van der Waals surface area contributed by atoms with Gasteiger partial charge in [0, 0.05) is 44.5 Å². The van der Waals surface area contributed by atoms with E-state index in [0.717, 1.165) is 50.5 Å². The third-order valence-electron chi connectivity index (χ3n) is 6.59. The Morgan fingerprint density at radius 3 is 2.11 bits per heavy atom. The highest BCUT2D eigenvalue weighted by Gasteiger charge is 2.31. The van der Waals surface area contributed by atoms with E-state index in [0.29, 0.717) is 6.54 Å². The lowest BCUT2D eigenvalue weighted by Crippen LogP contribution is -2.49. The first-order valence-corrected chi connectivity index (χ1v) is 12.0. The lowest BCUT2D eigenvalue weighted by atomic mass is 10.0. The van der Waals surface area contributed by atoms with Gasteiger partial charge in [-0.15, -0.1) is 0 Å². The number of rotatable bonds is 9. The predicted octanol–water partition coefficient (Wildman–Crippen LogP) is 5.41. The summed E-state index contributed by atoms with van der Waals surface area (Å²) in [6, 6.07) is 24.0. The zero-order valence-corrected chi connectivity index (χ0v) is 20.0. The van der Waals surface area contributed by atoms with Crippen molar-refractivity contribution in [3.63, 3.8) is 0 Å². The molecule has 4 nitrogen and oxygen atoms in total. The van der Waals surface area contributed by atoms with Gasteiger partial charge in [0.25, 0.3) is 0 Å². The molecule has 4 rings (SSSR count). The Morgan fingerprint density at radius 2 is 1.51 bits per heavy atom. The summed E-state index contributed by atoms with van der Waals surface area (Å²) in [4.78, 5) is 4.74. The summed E-state index contributed by atoms with van der Waals surface area (Å²) in [5, 5.41) is 3.54. The molecule has 1 N–H and O–H groups in total. The summed E-state index contributed by atoms with van der Waals surface area (Å²) in [7, 11) is 1.65. The first-order chi connectivity index (χ1) is 16.9. The van der Waals surface area contributed by atoms with E-state index in [1.807, 2.05) is 30.3 Å². The zero-order chi connectivity index (χ0) is 24.7. The molecule has 1 heterocycles. The molecule has 1 saturated heterocycles. The standard InChI is InChI=1S/C28H32F3N3O/c1-35-26-13-7-22(8-14-26)15-16-32-21-27(23-9-11-24(12-10-23)28(29,30)31)34-19-17-33(18-20-34)25-5-3-2-4-6-25/h2-14,27,32H,15-21H2,1H3. The van der Waals surface area contributed by atoms with Crippen LogP contribution in [0.25, 0.3) is 0 Å². The smallest absolute Gasteiger partial charge is 0.416 e. The highest BCUT2D eigenvalue weighted by Crippen LogP contribution is 2.31. The van der Waals surface area contributed by atoms with Crippen LogP contribution in [-0.4, -0.2) is 51.3 Å². The molecule has 1 aliphatic heterocycles. The molecule has 0 bridgehead atoms. The Balaban J connectivity index is 1.40. The fourth-order valence-electron chi connectivity index (χ4n) is 4.55. The Labute approximate surface area is 205 Å². The van der Waals surface area contributed by atoms with Gasteiger partial charge < -0.3 is 15.0 Å². The lowest BCUT2D eigenvalue weighted by Gasteiger charge is -2.40. The van der Waals surface area contributed by atoms with Crippen molar-refractivity contribution in [3.05, 3.63) is 95.6 Å². The quantitative estimate of drug-likeness (QED) is 0.412. The second-order valence-corrected chi connectivity index (χ2v) is 8.80. The summed E-state index contributed by atoms with van der Waals surface area (Å²) in [6.07, 6.45) is -3.46. The van der Waals surface area contributed by atoms with Crippen LogP contribution in [0, 0.1) is 0 Å². The van der Waals surface area contributed by atoms with Gasteiger partial charge in [-0.05, 0) is 60.5 Å². The Hall–Kier alpha value is -3.03. The van der Waals surface area contributed by atoms with E-state index in [1.165, 1.54) is 23.4 Å². The first kappa shape index (κ1) is 25.1. The molecule has 0 saturated carbocycles. The maximum Gasteiger partial charge on any atom is 0.416 e. The average Bonchev–Trinajstić information content (AvgIpc) is 2.89. The lowest BCUT2D eigenvalue weighted by molar-refractivity contribution is -0.137. The highest BCUT2D eigenvalue weighted by molar-refractivity contribution is 5.46. The van der Waals surface area contributed by atoms with Crippen LogP contribution in [0.2, 0.25) is 0 Å². The number of hydrogen-bond donors (Lipinski definition) is 1. The number of anilines is 1. The molecule has 186 valence electrons. The van der Waals surface area contributed by atoms with Gasteiger partial charge in [0.05, 0.1) is 12.7 Å². The molecule has 0 aliphatic carbocycles. The number of hydrogen-bond acceptors (Lipinski definition) is 4. The maximum absolute atomic E-state index is 13.1. The number of halogens is 3. The van der Waals surface area contributed by atoms with Crippen molar-refractivity contribution >= 4 is 5.69 Å². The van der Waals surface area contributed by atoms with Crippen LogP contribution in [0.4, 0.5) is 18.9 Å². The molecule has 1 aliphatic rings. The number of ether oxygens (including phenoxy) is 1. The van der Waals surface area contributed by atoms with Crippen molar-refractivity contribution in [2.24, 2.45) is 0 Å². The van der Waals surface area contributed by atoms with Crippen molar-refractivity contribution in [1.29, 1.82) is 0 Å². The van der Waals surface area contributed by atoms with Crippen LogP contribution in [0.1, 0.15) is 22.7 Å². The summed E-state index contributed by atoms with van der Waals surface area (Å²) in [5.41, 5.74) is 2.71. The normalized spacial score (nSPS) is 15.7. The van der Waals surface area contributed by atoms with Crippen molar-refractivity contribution in [2.45, 2.75) is 18.6 Å². The SMILES string of the molecule is COc1ccc(CCNCC(c2ccc(C(F)(F)F)cc2)N2CCN(c3ccccc3)CC2)cc1. The molecular formula is C28H32F3N3O. The number of piperazine rings is 1. The number of nitrogens with zero attached hydrogens (tertiary/aromatic N) is 2. The van der Waals surface area contributed by atoms with Gasteiger partial charge in [-0.25, -0.2) is 0 Å². The van der Waals surface area contributed by atoms with Crippen molar-refractivity contribution in [3.8, 4) is 5.75 Å². The monoisotopic (exact) mass is 483 g/mol. The molecule has 1 fully saturated rings. The van der Waals surface area contributed by atoms with Gasteiger partial charge in [-0.3, -0.25) is 4.90 Å². The molecule has 0 radical (unpaired) electrons. The maximum atomic E-state index is 13.1. The third kappa shape index (κ3) is 6.77. The van der Waals surface area contributed by atoms with Crippen molar-refractivity contribution in [2.75, 3.05) is 51.3 Å². The minimum atomic E-state index is -4.33. The Morgan fingerprint density at radius 1 is 0.857 bits per heavy atom. The van der Waals surface area contributed by atoms with Gasteiger partial charge in [-0.2, -0.15) is 13.2 Å². The average molecular weight is 484 g/mol. The van der Waals surface area contributed by atoms with Crippen LogP contribution in [0.15, 0.2) is 78.9 Å². The largest absolute Gasteiger partial charge is 0.497 e. The van der Waals surface area contributed by atoms with E-state index >= 15 is 0 Å². The molecule has 0 amide bonds. The molecule has 1 unspecified atom stereocenters. The first-order valence-electron chi connectivity index (χ1n) is 12.0. The summed E-state index contributed by atoms with van der Waals surface area (Å²) in [6.45, 7) is 4.92. The number of methoxy groups -OCH3 is 1. The van der Waals surface area contributed by atoms with E-state index in [4.69, 9.17) is 4.74 Å². The molecular weight excluding hydrogens is 451 g/mol. The van der Waals surface area contributed by atoms with E-state index in [2.05, 4.69) is 39.4 Å². The second-order valence-electron chi connectivity index (χ2n) is 8.80. The van der Waals surface area contributed by atoms with Crippen LogP contribution in [0.3, 0.4) is 0 Å². The van der Waals surface area contributed by atoms with E-state index in [-0.39, 0.29) is 6.04 Å². The number of nitrogens with one attached hydrogen (secondary N) is 1. The van der Waals surface area contributed by atoms with Gasteiger partial charge >= 0.3 is 6.18 Å². The Bertz CT molecular complexity index is 1030. The Kier molecular flexibility index (Phi) is 8.31. The summed E-state index contributed by atoms with van der Waals surface area (Å²) in [5.74, 6) is 0.832. The number of alkyl halides is 3. The second kappa shape index (κ2) is 11.6. The molecule has 35 heavy (non-hydrogen) atoms. The van der Waals surface area contributed by atoms with E-state index in [1.54, 1.807) is 19.2 Å². The minimum absolute atomic E-state index is 0.00562. The third-order valence-corrected chi connectivity index (χ3v) is 6.59. The predicted molar refractivity (Wildman–Crippen MR) is 134 cm³/mol. The number of benzene rings is 3. The van der Waals surface area contributed by atoms with Gasteiger partial charge in [-0.1, -0.05) is 42.5 Å².